The van der Waals surface area contributed by atoms with Crippen molar-refractivity contribution >= 4 is 11.7 Å². The third-order valence-corrected chi connectivity index (χ3v) is 4.17. The number of carbonyl (C=O) groups is 1. The van der Waals surface area contributed by atoms with Gasteiger partial charge < -0.3 is 10.1 Å². The van der Waals surface area contributed by atoms with Gasteiger partial charge in [-0.2, -0.15) is 0 Å². The number of amides is 2. The Bertz CT molecular complexity index is 512. The molecule has 2 aliphatic rings. The lowest BCUT2D eigenvalue weighted by molar-refractivity contribution is -0.0259. The Morgan fingerprint density at radius 1 is 1.25 bits per heavy atom. The smallest absolute Gasteiger partial charge is 0.337 e. The van der Waals surface area contributed by atoms with Gasteiger partial charge in [0.25, 0.3) is 0 Å². The number of nitrogens with zero attached hydrogens (tertiary/aromatic N) is 2. The second-order valence-corrected chi connectivity index (χ2v) is 5.39. The standard InChI is InChI=1S/C15H21N3O2/c1-11-12-7-6-8-13(20-2)14(12)16-15(19)18(11)17-9-4-3-5-10-17/h6-8,11H,3-5,9-10H2,1-2H3,(H,16,19). The van der Waals surface area contributed by atoms with Crippen LogP contribution in [0.3, 0.4) is 0 Å². The minimum Gasteiger partial charge on any atom is -0.495 e. The number of benzene rings is 1. The maximum absolute atomic E-state index is 12.5. The van der Waals surface area contributed by atoms with Gasteiger partial charge in [-0.05, 0) is 25.8 Å². The predicted octanol–water partition coefficient (Wildman–Crippen LogP) is 3.00. The number of anilines is 1. The fourth-order valence-corrected chi connectivity index (χ4v) is 3.14. The molecule has 3 rings (SSSR count). The van der Waals surface area contributed by atoms with E-state index in [0.717, 1.165) is 42.9 Å². The van der Waals surface area contributed by atoms with Crippen molar-refractivity contribution in [3.8, 4) is 5.75 Å². The summed E-state index contributed by atoms with van der Waals surface area (Å²) in [6, 6.07) is 5.88. The third-order valence-electron chi connectivity index (χ3n) is 4.17. The van der Waals surface area contributed by atoms with Crippen molar-refractivity contribution in [2.75, 3.05) is 25.5 Å². The van der Waals surface area contributed by atoms with Crippen LogP contribution in [0.5, 0.6) is 5.75 Å². The van der Waals surface area contributed by atoms with Crippen LogP contribution in [0.2, 0.25) is 0 Å². The van der Waals surface area contributed by atoms with Crippen molar-refractivity contribution in [3.05, 3.63) is 23.8 Å². The topological polar surface area (TPSA) is 44.8 Å². The minimum atomic E-state index is -0.0589. The molecule has 1 atom stereocenters. The fraction of sp³-hybridized carbons (Fsp3) is 0.533. The van der Waals surface area contributed by atoms with Crippen LogP contribution in [0.25, 0.3) is 0 Å². The van der Waals surface area contributed by atoms with E-state index in [0.29, 0.717) is 0 Å². The lowest BCUT2D eigenvalue weighted by Gasteiger charge is -2.44. The van der Waals surface area contributed by atoms with E-state index >= 15 is 0 Å². The van der Waals surface area contributed by atoms with Crippen molar-refractivity contribution in [2.45, 2.75) is 32.2 Å². The number of nitrogens with one attached hydrogen (secondary N) is 1. The number of fused-ring (bicyclic) bond motifs is 1. The second-order valence-electron chi connectivity index (χ2n) is 5.39. The first-order valence-corrected chi connectivity index (χ1v) is 7.24. The first kappa shape index (κ1) is 13.2. The van der Waals surface area contributed by atoms with E-state index < -0.39 is 0 Å². The lowest BCUT2D eigenvalue weighted by Crippen LogP contribution is -2.53. The Balaban J connectivity index is 1.94. The van der Waals surface area contributed by atoms with Crippen LogP contribution >= 0.6 is 0 Å². The molecule has 2 aliphatic heterocycles. The van der Waals surface area contributed by atoms with Crippen molar-refractivity contribution in [1.82, 2.24) is 10.0 Å². The number of rotatable bonds is 2. The average molecular weight is 275 g/mol. The van der Waals surface area contributed by atoms with E-state index in [4.69, 9.17) is 4.74 Å². The highest BCUT2D eigenvalue weighted by molar-refractivity contribution is 5.94. The highest BCUT2D eigenvalue weighted by Crippen LogP contribution is 2.39. The van der Waals surface area contributed by atoms with Crippen LogP contribution in [-0.2, 0) is 0 Å². The van der Waals surface area contributed by atoms with Gasteiger partial charge in [-0.25, -0.2) is 14.8 Å². The summed E-state index contributed by atoms with van der Waals surface area (Å²) < 4.78 is 5.34. The molecule has 0 radical (unpaired) electrons. The van der Waals surface area contributed by atoms with Crippen LogP contribution in [0.1, 0.15) is 37.8 Å². The molecular formula is C15H21N3O2. The summed E-state index contributed by atoms with van der Waals surface area (Å²) in [5, 5.41) is 7.01. The number of piperidine rings is 1. The van der Waals surface area contributed by atoms with Crippen molar-refractivity contribution in [1.29, 1.82) is 0 Å². The molecule has 1 unspecified atom stereocenters. The van der Waals surface area contributed by atoms with Crippen LogP contribution in [0, 0.1) is 0 Å². The Hall–Kier alpha value is -1.75. The molecule has 1 fully saturated rings. The lowest BCUT2D eigenvalue weighted by atomic mass is 10.0. The van der Waals surface area contributed by atoms with Gasteiger partial charge in [0.1, 0.15) is 5.75 Å². The van der Waals surface area contributed by atoms with E-state index in [2.05, 4.69) is 23.3 Å². The van der Waals surface area contributed by atoms with E-state index in [1.807, 2.05) is 17.1 Å². The molecule has 5 nitrogen and oxygen atoms in total. The van der Waals surface area contributed by atoms with E-state index in [1.54, 1.807) is 7.11 Å². The van der Waals surface area contributed by atoms with Gasteiger partial charge >= 0.3 is 6.03 Å². The fourth-order valence-electron chi connectivity index (χ4n) is 3.14. The molecule has 0 aliphatic carbocycles. The largest absolute Gasteiger partial charge is 0.495 e. The molecule has 2 amide bonds. The number of carbonyl (C=O) groups excluding carboxylic acids is 1. The van der Waals surface area contributed by atoms with Gasteiger partial charge in [-0.3, -0.25) is 0 Å². The Kier molecular flexibility index (Phi) is 3.53. The van der Waals surface area contributed by atoms with E-state index in [-0.39, 0.29) is 12.1 Å². The number of para-hydroxylation sites is 1. The molecule has 1 saturated heterocycles. The maximum atomic E-state index is 12.5. The number of hydrogen-bond donors (Lipinski definition) is 1. The summed E-state index contributed by atoms with van der Waals surface area (Å²) in [5.74, 6) is 0.723. The summed E-state index contributed by atoms with van der Waals surface area (Å²) in [6.07, 6.45) is 3.56. The van der Waals surface area contributed by atoms with E-state index in [1.165, 1.54) is 6.42 Å². The molecule has 108 valence electrons. The third kappa shape index (κ3) is 2.12. The van der Waals surface area contributed by atoms with Crippen LogP contribution in [0.4, 0.5) is 10.5 Å². The Morgan fingerprint density at radius 2 is 2.00 bits per heavy atom. The Labute approximate surface area is 119 Å². The summed E-state index contributed by atoms with van der Waals surface area (Å²) >= 11 is 0. The number of hydrogen-bond acceptors (Lipinski definition) is 3. The molecule has 0 spiro atoms. The zero-order valence-electron chi connectivity index (χ0n) is 12.1. The minimum absolute atomic E-state index is 0.0342. The summed E-state index contributed by atoms with van der Waals surface area (Å²) in [4.78, 5) is 12.5. The number of urea groups is 1. The molecule has 0 saturated carbocycles. The Morgan fingerprint density at radius 3 is 2.70 bits per heavy atom. The highest BCUT2D eigenvalue weighted by Gasteiger charge is 2.35. The molecule has 1 aromatic carbocycles. The van der Waals surface area contributed by atoms with Gasteiger partial charge in [-0.1, -0.05) is 18.6 Å². The van der Waals surface area contributed by atoms with Gasteiger partial charge in [0.05, 0.1) is 18.8 Å². The molecule has 5 heteroatoms. The molecular weight excluding hydrogens is 254 g/mol. The van der Waals surface area contributed by atoms with Crippen LogP contribution < -0.4 is 10.1 Å². The van der Waals surface area contributed by atoms with Gasteiger partial charge in [-0.15, -0.1) is 0 Å². The van der Waals surface area contributed by atoms with Crippen molar-refractivity contribution in [3.63, 3.8) is 0 Å². The average Bonchev–Trinajstić information content (AvgIpc) is 2.48. The highest BCUT2D eigenvalue weighted by atomic mass is 16.5. The molecule has 0 bridgehead atoms. The molecule has 1 aromatic rings. The quantitative estimate of drug-likeness (QED) is 0.902. The monoisotopic (exact) mass is 275 g/mol. The predicted molar refractivity (Wildman–Crippen MR) is 77.7 cm³/mol. The van der Waals surface area contributed by atoms with Crippen molar-refractivity contribution < 1.29 is 9.53 Å². The molecule has 0 aromatic heterocycles. The van der Waals surface area contributed by atoms with Crippen LogP contribution in [-0.4, -0.2) is 36.2 Å². The molecule has 20 heavy (non-hydrogen) atoms. The zero-order valence-corrected chi connectivity index (χ0v) is 12.1. The number of methoxy groups -OCH3 is 1. The van der Waals surface area contributed by atoms with Gasteiger partial charge in [0, 0.05) is 18.7 Å². The van der Waals surface area contributed by atoms with Crippen molar-refractivity contribution in [2.24, 2.45) is 0 Å². The van der Waals surface area contributed by atoms with Crippen LogP contribution in [0.15, 0.2) is 18.2 Å². The molecule has 1 N–H and O–H groups in total. The zero-order chi connectivity index (χ0) is 14.1. The molecule has 2 heterocycles. The number of hydrazine groups is 1. The summed E-state index contributed by atoms with van der Waals surface area (Å²) in [6.45, 7) is 3.99. The second kappa shape index (κ2) is 5.32. The SMILES string of the molecule is COc1cccc2c1NC(=O)N(N1CCCCC1)C2C. The maximum Gasteiger partial charge on any atom is 0.337 e. The van der Waals surface area contributed by atoms with E-state index in [9.17, 15) is 4.79 Å². The summed E-state index contributed by atoms with van der Waals surface area (Å²) in [7, 11) is 1.63. The number of ether oxygens (including phenoxy) is 1. The van der Waals surface area contributed by atoms with Gasteiger partial charge in [0.2, 0.25) is 0 Å². The van der Waals surface area contributed by atoms with Gasteiger partial charge in [0.15, 0.2) is 0 Å². The normalized spacial score (nSPS) is 23.2. The first-order valence-electron chi connectivity index (χ1n) is 7.24. The summed E-state index contributed by atoms with van der Waals surface area (Å²) in [5.41, 5.74) is 1.91. The first-order chi connectivity index (χ1) is 9.72.